The molecule has 11 heteroatoms. The van der Waals surface area contributed by atoms with Gasteiger partial charge in [0.2, 0.25) is 0 Å². The van der Waals surface area contributed by atoms with E-state index in [1.54, 1.807) is 25.7 Å². The van der Waals surface area contributed by atoms with E-state index < -0.39 is 38.9 Å². The Morgan fingerprint density at radius 2 is 1.59 bits per heavy atom. The lowest BCUT2D eigenvalue weighted by Crippen LogP contribution is -2.49. The third kappa shape index (κ3) is 5.99. The van der Waals surface area contributed by atoms with E-state index in [1.165, 1.54) is 23.1 Å². The van der Waals surface area contributed by atoms with Crippen LogP contribution in [0.1, 0.15) is 36.7 Å². The average molecular weight is 503 g/mol. The maximum absolute atomic E-state index is 14.4. The van der Waals surface area contributed by atoms with Crippen molar-refractivity contribution in [2.75, 3.05) is 37.3 Å². The molecular weight excluding hydrogens is 476 g/mol. The highest BCUT2D eigenvalue weighted by Gasteiger charge is 2.32. The van der Waals surface area contributed by atoms with Gasteiger partial charge in [0.15, 0.2) is 9.84 Å². The molecule has 1 fully saturated rings. The van der Waals surface area contributed by atoms with Gasteiger partial charge in [0, 0.05) is 32.4 Å². The predicted molar refractivity (Wildman–Crippen MR) is 119 cm³/mol. The summed E-state index contributed by atoms with van der Waals surface area (Å²) in [6, 6.07) is 6.46. The summed E-state index contributed by atoms with van der Waals surface area (Å²) in [6.07, 6.45) is -3.60. The number of sulfone groups is 1. The van der Waals surface area contributed by atoms with Gasteiger partial charge in [-0.15, -0.1) is 0 Å². The highest BCUT2D eigenvalue weighted by molar-refractivity contribution is 7.90. The summed E-state index contributed by atoms with van der Waals surface area (Å²) in [5.74, 6) is -1.20. The first-order valence-electron chi connectivity index (χ1n) is 10.5. The van der Waals surface area contributed by atoms with Gasteiger partial charge in [-0.25, -0.2) is 12.8 Å². The molecule has 0 saturated carbocycles. The lowest BCUT2D eigenvalue weighted by atomic mass is 10.1. The third-order valence-corrected chi connectivity index (χ3v) is 6.32. The van der Waals surface area contributed by atoms with Gasteiger partial charge in [0.1, 0.15) is 17.2 Å². The van der Waals surface area contributed by atoms with Crippen LogP contribution in [0.3, 0.4) is 0 Å². The van der Waals surface area contributed by atoms with Crippen molar-refractivity contribution in [1.82, 2.24) is 4.90 Å². The minimum Gasteiger partial charge on any atom is -0.487 e. The van der Waals surface area contributed by atoms with E-state index in [9.17, 15) is 30.8 Å². The fourth-order valence-electron chi connectivity index (χ4n) is 3.59. The van der Waals surface area contributed by atoms with E-state index in [0.717, 1.165) is 18.4 Å². The lowest BCUT2D eigenvalue weighted by molar-refractivity contribution is -0.137. The molecule has 0 aliphatic carbocycles. The van der Waals surface area contributed by atoms with Gasteiger partial charge in [-0.05, 0) is 57.2 Å². The molecule has 0 radical (unpaired) electrons. The number of hydrogen-bond acceptors (Lipinski definition) is 5. The molecule has 1 aliphatic rings. The number of halogens is 4. The van der Waals surface area contributed by atoms with Crippen molar-refractivity contribution in [3.8, 4) is 5.75 Å². The fourth-order valence-corrected chi connectivity index (χ4v) is 4.23. The number of rotatable bonds is 4. The summed E-state index contributed by atoms with van der Waals surface area (Å²) < 4.78 is 82.7. The molecule has 3 rings (SSSR count). The third-order valence-electron chi connectivity index (χ3n) is 5.21. The molecule has 0 unspecified atom stereocenters. The van der Waals surface area contributed by atoms with Crippen LogP contribution in [0.15, 0.2) is 41.3 Å². The molecule has 6 nitrogen and oxygen atoms in total. The fraction of sp³-hybridized carbons (Fsp3) is 0.435. The number of ether oxygens (including phenoxy) is 1. The summed E-state index contributed by atoms with van der Waals surface area (Å²) >= 11 is 0. The van der Waals surface area contributed by atoms with Gasteiger partial charge in [-0.1, -0.05) is 0 Å². The maximum Gasteiger partial charge on any atom is 0.416 e. The molecular formula is C23H26F4N2O4S. The van der Waals surface area contributed by atoms with Gasteiger partial charge in [0.05, 0.1) is 21.7 Å². The second-order valence-corrected chi connectivity index (χ2v) is 11.1. The van der Waals surface area contributed by atoms with Crippen molar-refractivity contribution in [2.45, 2.75) is 37.4 Å². The van der Waals surface area contributed by atoms with E-state index in [1.807, 2.05) is 0 Å². The standard InChI is InChI=1S/C23H26F4N2O4S/c1-22(2,3)33-20-8-6-16(34(4,31)32)14-17(20)21(30)29-11-9-28(10-12-29)19-7-5-15(13-18(19)24)23(25,26)27/h5-8,13-14H,9-12H2,1-4H3. The largest absolute Gasteiger partial charge is 0.487 e. The Morgan fingerprint density at radius 3 is 2.09 bits per heavy atom. The van der Waals surface area contributed by atoms with E-state index in [-0.39, 0.29) is 48.1 Å². The van der Waals surface area contributed by atoms with Crippen LogP contribution >= 0.6 is 0 Å². The van der Waals surface area contributed by atoms with Crippen LogP contribution in [-0.2, 0) is 16.0 Å². The van der Waals surface area contributed by atoms with Gasteiger partial charge in [-0.2, -0.15) is 13.2 Å². The van der Waals surface area contributed by atoms with Crippen molar-refractivity contribution in [1.29, 1.82) is 0 Å². The number of hydrogen-bond donors (Lipinski definition) is 0. The van der Waals surface area contributed by atoms with Crippen molar-refractivity contribution < 1.29 is 35.5 Å². The van der Waals surface area contributed by atoms with E-state index in [4.69, 9.17) is 4.74 Å². The Kier molecular flexibility index (Phi) is 6.89. The lowest BCUT2D eigenvalue weighted by Gasteiger charge is -2.36. The highest BCUT2D eigenvalue weighted by Crippen LogP contribution is 2.33. The molecule has 1 heterocycles. The minimum absolute atomic E-state index is 0.0240. The van der Waals surface area contributed by atoms with Crippen LogP contribution < -0.4 is 9.64 Å². The van der Waals surface area contributed by atoms with Crippen LogP contribution in [0.2, 0.25) is 0 Å². The monoisotopic (exact) mass is 502 g/mol. The molecule has 0 N–H and O–H groups in total. The topological polar surface area (TPSA) is 66.9 Å². The van der Waals surface area contributed by atoms with Crippen LogP contribution in [0.5, 0.6) is 5.75 Å². The zero-order valence-corrected chi connectivity index (χ0v) is 20.1. The van der Waals surface area contributed by atoms with E-state index in [2.05, 4.69) is 0 Å². The summed E-state index contributed by atoms with van der Waals surface area (Å²) in [5.41, 5.74) is -1.59. The first-order chi connectivity index (χ1) is 15.6. The Hall–Kier alpha value is -2.82. The number of alkyl halides is 3. The zero-order chi connectivity index (χ0) is 25.5. The number of benzene rings is 2. The second-order valence-electron chi connectivity index (χ2n) is 9.09. The Labute approximate surface area is 196 Å². The molecule has 2 aromatic carbocycles. The average Bonchev–Trinajstić information content (AvgIpc) is 2.71. The summed E-state index contributed by atoms with van der Waals surface area (Å²) in [4.78, 5) is 16.3. The molecule has 2 aromatic rings. The molecule has 1 amide bonds. The first-order valence-corrected chi connectivity index (χ1v) is 12.4. The Morgan fingerprint density at radius 1 is 0.971 bits per heavy atom. The molecule has 34 heavy (non-hydrogen) atoms. The molecule has 0 spiro atoms. The number of anilines is 1. The predicted octanol–water partition coefficient (Wildman–Crippen LogP) is 4.39. The quantitative estimate of drug-likeness (QED) is 0.581. The number of carbonyl (C=O) groups excluding carboxylic acids is 1. The van der Waals surface area contributed by atoms with Crippen molar-refractivity contribution in [3.05, 3.63) is 53.3 Å². The second kappa shape index (κ2) is 9.09. The molecule has 0 aromatic heterocycles. The van der Waals surface area contributed by atoms with E-state index >= 15 is 0 Å². The van der Waals surface area contributed by atoms with Crippen LogP contribution in [0.4, 0.5) is 23.2 Å². The summed E-state index contributed by atoms with van der Waals surface area (Å²) in [6.45, 7) is 6.09. The van der Waals surface area contributed by atoms with Gasteiger partial charge < -0.3 is 14.5 Å². The van der Waals surface area contributed by atoms with E-state index in [0.29, 0.717) is 6.07 Å². The minimum atomic E-state index is -4.64. The number of nitrogens with zero attached hydrogens (tertiary/aromatic N) is 2. The molecule has 1 aliphatic heterocycles. The number of amides is 1. The highest BCUT2D eigenvalue weighted by atomic mass is 32.2. The maximum atomic E-state index is 14.4. The van der Waals surface area contributed by atoms with Crippen molar-refractivity contribution in [2.24, 2.45) is 0 Å². The van der Waals surface area contributed by atoms with Gasteiger partial charge in [0.25, 0.3) is 5.91 Å². The smallest absolute Gasteiger partial charge is 0.416 e. The zero-order valence-electron chi connectivity index (χ0n) is 19.2. The van der Waals surface area contributed by atoms with Crippen molar-refractivity contribution >= 4 is 21.4 Å². The SMILES string of the molecule is CC(C)(C)Oc1ccc(S(C)(=O)=O)cc1C(=O)N1CCN(c2ccc(C(F)(F)F)cc2F)CC1. The first kappa shape index (κ1) is 25.8. The van der Waals surface area contributed by atoms with Crippen LogP contribution in [0, 0.1) is 5.82 Å². The molecule has 1 saturated heterocycles. The Balaban J connectivity index is 1.81. The Bertz CT molecular complexity index is 1180. The summed E-state index contributed by atoms with van der Waals surface area (Å²) in [5, 5.41) is 0. The number of piperazine rings is 1. The van der Waals surface area contributed by atoms with Crippen molar-refractivity contribution in [3.63, 3.8) is 0 Å². The van der Waals surface area contributed by atoms with Gasteiger partial charge >= 0.3 is 6.18 Å². The van der Waals surface area contributed by atoms with Gasteiger partial charge in [-0.3, -0.25) is 4.79 Å². The van der Waals surface area contributed by atoms with Crippen LogP contribution in [-0.4, -0.2) is 57.3 Å². The molecule has 0 atom stereocenters. The number of carbonyl (C=O) groups is 1. The summed E-state index contributed by atoms with van der Waals surface area (Å²) in [7, 11) is -3.57. The normalized spacial score (nSPS) is 15.4. The molecule has 186 valence electrons. The molecule has 0 bridgehead atoms. The van der Waals surface area contributed by atoms with Crippen LogP contribution in [0.25, 0.3) is 0 Å².